The minimum atomic E-state index is -0.421. The predicted octanol–water partition coefficient (Wildman–Crippen LogP) is 2.36. The van der Waals surface area contributed by atoms with Gasteiger partial charge in [0.2, 0.25) is 0 Å². The number of pyridine rings is 2. The lowest BCUT2D eigenvalue weighted by Crippen LogP contribution is -1.95. The molecule has 0 aliphatic carbocycles. The lowest BCUT2D eigenvalue weighted by Gasteiger charge is -2.02. The molecular formula is C11H9N3O2. The summed E-state index contributed by atoms with van der Waals surface area (Å²) in [4.78, 5) is 18.4. The van der Waals surface area contributed by atoms with E-state index in [9.17, 15) is 10.1 Å². The van der Waals surface area contributed by atoms with Crippen molar-refractivity contribution >= 4 is 5.69 Å². The van der Waals surface area contributed by atoms with E-state index >= 15 is 0 Å². The fourth-order valence-corrected chi connectivity index (χ4v) is 1.43. The van der Waals surface area contributed by atoms with Gasteiger partial charge in [0.15, 0.2) is 0 Å². The van der Waals surface area contributed by atoms with E-state index in [1.165, 1.54) is 6.07 Å². The number of aromatic nitrogens is 2. The molecule has 0 fully saturated rings. The molecule has 2 heterocycles. The first kappa shape index (κ1) is 10.2. The van der Waals surface area contributed by atoms with Gasteiger partial charge in [0, 0.05) is 30.2 Å². The van der Waals surface area contributed by atoms with Crippen molar-refractivity contribution in [1.82, 2.24) is 9.97 Å². The summed E-state index contributed by atoms with van der Waals surface area (Å²) in [7, 11) is 0. The Kier molecular flexibility index (Phi) is 2.59. The van der Waals surface area contributed by atoms with Crippen LogP contribution in [0.4, 0.5) is 5.69 Å². The van der Waals surface area contributed by atoms with Crippen molar-refractivity contribution < 1.29 is 4.92 Å². The van der Waals surface area contributed by atoms with Gasteiger partial charge in [0.05, 0.1) is 4.92 Å². The molecule has 5 heteroatoms. The van der Waals surface area contributed by atoms with E-state index in [4.69, 9.17) is 0 Å². The van der Waals surface area contributed by atoms with Crippen LogP contribution >= 0.6 is 0 Å². The van der Waals surface area contributed by atoms with E-state index in [0.29, 0.717) is 11.3 Å². The molecule has 0 spiro atoms. The quantitative estimate of drug-likeness (QED) is 0.569. The van der Waals surface area contributed by atoms with Crippen molar-refractivity contribution in [3.8, 4) is 11.3 Å². The zero-order valence-corrected chi connectivity index (χ0v) is 8.62. The Hall–Kier alpha value is -2.30. The topological polar surface area (TPSA) is 68.9 Å². The Morgan fingerprint density at radius 1 is 1.31 bits per heavy atom. The smallest absolute Gasteiger partial charge is 0.265 e. The monoisotopic (exact) mass is 215 g/mol. The fourth-order valence-electron chi connectivity index (χ4n) is 1.43. The van der Waals surface area contributed by atoms with Gasteiger partial charge in [-0.25, -0.2) is 4.98 Å². The molecule has 0 bridgehead atoms. The molecular weight excluding hydrogens is 206 g/mol. The summed E-state index contributed by atoms with van der Waals surface area (Å²) in [6, 6.07) is 4.91. The molecule has 0 amide bonds. The van der Waals surface area contributed by atoms with Gasteiger partial charge in [-0.1, -0.05) is 0 Å². The summed E-state index contributed by atoms with van der Waals surface area (Å²) < 4.78 is 0. The number of nitro groups is 1. The predicted molar refractivity (Wildman–Crippen MR) is 58.9 cm³/mol. The van der Waals surface area contributed by atoms with Crippen molar-refractivity contribution in [3.05, 3.63) is 52.5 Å². The third kappa shape index (κ3) is 1.88. The highest BCUT2D eigenvalue weighted by atomic mass is 16.6. The maximum atomic E-state index is 10.9. The lowest BCUT2D eigenvalue weighted by molar-refractivity contribution is -0.384. The highest BCUT2D eigenvalue weighted by Crippen LogP contribution is 2.27. The van der Waals surface area contributed by atoms with Crippen LogP contribution in [0.3, 0.4) is 0 Å². The molecule has 16 heavy (non-hydrogen) atoms. The number of hydrogen-bond donors (Lipinski definition) is 0. The summed E-state index contributed by atoms with van der Waals surface area (Å²) in [5, 5.41) is 10.9. The van der Waals surface area contributed by atoms with Crippen LogP contribution in [0.2, 0.25) is 0 Å². The molecule has 80 valence electrons. The van der Waals surface area contributed by atoms with Crippen LogP contribution in [0.5, 0.6) is 0 Å². The van der Waals surface area contributed by atoms with E-state index in [1.807, 2.05) is 0 Å². The zero-order valence-electron chi connectivity index (χ0n) is 8.62. The van der Waals surface area contributed by atoms with Crippen LogP contribution in [-0.4, -0.2) is 14.9 Å². The van der Waals surface area contributed by atoms with Crippen molar-refractivity contribution in [2.75, 3.05) is 0 Å². The van der Waals surface area contributed by atoms with Gasteiger partial charge < -0.3 is 0 Å². The van der Waals surface area contributed by atoms with Gasteiger partial charge in [-0.2, -0.15) is 0 Å². The van der Waals surface area contributed by atoms with Crippen LogP contribution in [-0.2, 0) is 0 Å². The Labute approximate surface area is 91.9 Å². The minimum Gasteiger partial charge on any atom is -0.265 e. The second-order valence-corrected chi connectivity index (χ2v) is 3.37. The van der Waals surface area contributed by atoms with Gasteiger partial charge in [0.1, 0.15) is 5.69 Å². The first-order valence-electron chi connectivity index (χ1n) is 4.70. The van der Waals surface area contributed by atoms with Crippen LogP contribution in [0, 0.1) is 17.0 Å². The molecule has 0 aliphatic rings. The van der Waals surface area contributed by atoms with Crippen LogP contribution < -0.4 is 0 Å². The van der Waals surface area contributed by atoms with Crippen molar-refractivity contribution in [1.29, 1.82) is 0 Å². The Morgan fingerprint density at radius 2 is 2.00 bits per heavy atom. The van der Waals surface area contributed by atoms with Crippen molar-refractivity contribution in [2.24, 2.45) is 0 Å². The molecule has 0 aliphatic heterocycles. The molecule has 2 aromatic rings. The molecule has 5 nitrogen and oxygen atoms in total. The average Bonchev–Trinajstić information content (AvgIpc) is 2.30. The Morgan fingerprint density at radius 3 is 2.62 bits per heavy atom. The van der Waals surface area contributed by atoms with Crippen molar-refractivity contribution in [2.45, 2.75) is 6.92 Å². The Bertz CT molecular complexity index is 526. The third-order valence-corrected chi connectivity index (χ3v) is 2.15. The standard InChI is InChI=1S/C11H9N3O2/c1-8-6-10(14(15)16)11(13-7-8)9-2-4-12-5-3-9/h2-7H,1H3. The molecule has 0 saturated carbocycles. The molecule has 0 unspecified atom stereocenters. The first-order valence-corrected chi connectivity index (χ1v) is 4.70. The summed E-state index contributed by atoms with van der Waals surface area (Å²) >= 11 is 0. The molecule has 0 N–H and O–H groups in total. The van der Waals surface area contributed by atoms with Crippen molar-refractivity contribution in [3.63, 3.8) is 0 Å². The number of rotatable bonds is 2. The normalized spacial score (nSPS) is 10.1. The fraction of sp³-hybridized carbons (Fsp3) is 0.0909. The maximum absolute atomic E-state index is 10.9. The van der Waals surface area contributed by atoms with Gasteiger partial charge in [0.25, 0.3) is 5.69 Å². The average molecular weight is 215 g/mol. The molecule has 0 radical (unpaired) electrons. The summed E-state index contributed by atoms with van der Waals surface area (Å²) in [5.74, 6) is 0. The summed E-state index contributed by atoms with van der Waals surface area (Å²) in [6.45, 7) is 1.77. The van der Waals surface area contributed by atoms with Crippen LogP contribution in [0.15, 0.2) is 36.8 Å². The van der Waals surface area contributed by atoms with E-state index < -0.39 is 4.92 Å². The third-order valence-electron chi connectivity index (χ3n) is 2.15. The highest BCUT2D eigenvalue weighted by molar-refractivity contribution is 5.69. The van der Waals surface area contributed by atoms with Gasteiger partial charge in [-0.15, -0.1) is 0 Å². The molecule has 2 rings (SSSR count). The highest BCUT2D eigenvalue weighted by Gasteiger charge is 2.16. The number of nitrogens with zero attached hydrogens (tertiary/aromatic N) is 3. The van der Waals surface area contributed by atoms with E-state index in [1.54, 1.807) is 37.6 Å². The maximum Gasteiger partial charge on any atom is 0.295 e. The molecule has 0 saturated heterocycles. The first-order chi connectivity index (χ1) is 7.68. The second kappa shape index (κ2) is 4.06. The number of hydrogen-bond acceptors (Lipinski definition) is 4. The Balaban J connectivity index is 2.61. The molecule has 0 aromatic carbocycles. The van der Waals surface area contributed by atoms with Crippen LogP contribution in [0.25, 0.3) is 11.3 Å². The van der Waals surface area contributed by atoms with Crippen LogP contribution in [0.1, 0.15) is 5.56 Å². The SMILES string of the molecule is Cc1cnc(-c2ccncc2)c([N+](=O)[O-])c1. The van der Waals surface area contributed by atoms with Gasteiger partial charge in [-0.3, -0.25) is 15.1 Å². The molecule has 0 atom stereocenters. The van der Waals surface area contributed by atoms with Gasteiger partial charge in [-0.05, 0) is 24.6 Å². The second-order valence-electron chi connectivity index (χ2n) is 3.37. The minimum absolute atomic E-state index is 0.0196. The summed E-state index contributed by atoms with van der Waals surface area (Å²) in [6.07, 6.45) is 4.78. The zero-order chi connectivity index (χ0) is 11.5. The van der Waals surface area contributed by atoms with E-state index in [0.717, 1.165) is 5.56 Å². The van der Waals surface area contributed by atoms with Gasteiger partial charge >= 0.3 is 0 Å². The van der Waals surface area contributed by atoms with E-state index in [-0.39, 0.29) is 5.69 Å². The van der Waals surface area contributed by atoms with E-state index in [2.05, 4.69) is 9.97 Å². The number of aryl methyl sites for hydroxylation is 1. The summed E-state index contributed by atoms with van der Waals surface area (Å²) in [5.41, 5.74) is 1.86. The largest absolute Gasteiger partial charge is 0.295 e. The lowest BCUT2D eigenvalue weighted by atomic mass is 10.1. The molecule has 2 aromatic heterocycles.